The van der Waals surface area contributed by atoms with E-state index >= 15 is 0 Å². The number of hydrogen-bond acceptors (Lipinski definition) is 7. The number of tetrazole rings is 1. The molecule has 2 heterocycles. The highest BCUT2D eigenvalue weighted by molar-refractivity contribution is 7.09. The Labute approximate surface area is 126 Å². The van der Waals surface area contributed by atoms with Crippen LogP contribution in [0, 0.1) is 0 Å². The van der Waals surface area contributed by atoms with E-state index in [1.54, 1.807) is 4.68 Å². The molecule has 0 aliphatic heterocycles. The van der Waals surface area contributed by atoms with Crippen molar-refractivity contribution in [1.82, 2.24) is 29.8 Å². The van der Waals surface area contributed by atoms with Crippen LogP contribution in [0.2, 0.25) is 0 Å². The van der Waals surface area contributed by atoms with Gasteiger partial charge in [0.25, 0.3) is 0 Å². The molecule has 0 saturated heterocycles. The number of aliphatic carboxylic acids is 1. The van der Waals surface area contributed by atoms with Crippen molar-refractivity contribution < 1.29 is 9.90 Å². The van der Waals surface area contributed by atoms with E-state index < -0.39 is 5.97 Å². The van der Waals surface area contributed by atoms with Gasteiger partial charge in [0.1, 0.15) is 4.88 Å². The van der Waals surface area contributed by atoms with Gasteiger partial charge >= 0.3 is 5.97 Å². The number of hydrogen-bond donors (Lipinski definition) is 1. The fraction of sp³-hybridized carbons (Fsp3) is 0.667. The Morgan fingerprint density at radius 2 is 2.10 bits per heavy atom. The first-order chi connectivity index (χ1) is 9.84. The zero-order valence-corrected chi connectivity index (χ0v) is 13.3. The minimum atomic E-state index is -0.873. The van der Waals surface area contributed by atoms with Crippen molar-refractivity contribution in [2.24, 2.45) is 0 Å². The van der Waals surface area contributed by atoms with Crippen molar-refractivity contribution in [3.8, 4) is 10.7 Å². The minimum absolute atomic E-state index is 0.0222. The largest absolute Gasteiger partial charge is 0.481 e. The highest BCUT2D eigenvalue weighted by atomic mass is 32.1. The average molecular weight is 310 g/mol. The van der Waals surface area contributed by atoms with E-state index in [1.807, 2.05) is 27.7 Å². The van der Waals surface area contributed by atoms with Crippen LogP contribution in [0.3, 0.4) is 0 Å². The summed E-state index contributed by atoms with van der Waals surface area (Å²) in [5.74, 6) is -0.343. The molecule has 2 rings (SSSR count). The molecule has 1 N–H and O–H groups in total. The number of carboxylic acid groups (broad SMARTS) is 1. The quantitative estimate of drug-likeness (QED) is 0.898. The van der Waals surface area contributed by atoms with Crippen molar-refractivity contribution in [3.05, 3.63) is 5.69 Å². The van der Waals surface area contributed by atoms with Crippen LogP contribution in [0.25, 0.3) is 10.7 Å². The van der Waals surface area contributed by atoms with E-state index in [-0.39, 0.29) is 17.9 Å². The smallest absolute Gasteiger partial charge is 0.305 e. The van der Waals surface area contributed by atoms with Crippen molar-refractivity contribution in [2.45, 2.75) is 52.0 Å². The van der Waals surface area contributed by atoms with Gasteiger partial charge in [0, 0.05) is 5.41 Å². The lowest BCUT2D eigenvalue weighted by Gasteiger charge is -2.18. The Balaban J connectivity index is 2.46. The molecule has 0 aliphatic carbocycles. The highest BCUT2D eigenvalue weighted by Gasteiger charge is 2.28. The first-order valence-electron chi connectivity index (χ1n) is 6.67. The van der Waals surface area contributed by atoms with E-state index in [0.29, 0.717) is 12.2 Å². The molecule has 9 heteroatoms. The molecular formula is C12H18N6O2S. The molecule has 0 spiro atoms. The summed E-state index contributed by atoms with van der Waals surface area (Å²) in [5.41, 5.74) is 0.627. The molecule has 0 aliphatic rings. The first kappa shape index (κ1) is 15.5. The lowest BCUT2D eigenvalue weighted by molar-refractivity contribution is -0.138. The van der Waals surface area contributed by atoms with Gasteiger partial charge in [0.2, 0.25) is 0 Å². The highest BCUT2D eigenvalue weighted by Crippen LogP contribution is 2.34. The van der Waals surface area contributed by atoms with Gasteiger partial charge in [0.15, 0.2) is 5.82 Å². The van der Waals surface area contributed by atoms with Crippen LogP contribution >= 0.6 is 11.5 Å². The molecule has 0 amide bonds. The van der Waals surface area contributed by atoms with Crippen molar-refractivity contribution in [3.63, 3.8) is 0 Å². The number of nitrogens with zero attached hydrogens (tertiary/aromatic N) is 6. The normalized spacial score (nSPS) is 13.3. The Morgan fingerprint density at radius 3 is 2.67 bits per heavy atom. The van der Waals surface area contributed by atoms with E-state index in [4.69, 9.17) is 5.11 Å². The summed E-state index contributed by atoms with van der Waals surface area (Å²) in [5, 5.41) is 24.9. The summed E-state index contributed by atoms with van der Waals surface area (Å²) in [7, 11) is 0. The molecule has 2 aromatic heterocycles. The fourth-order valence-electron chi connectivity index (χ4n) is 2.02. The molecule has 114 valence electrons. The molecular weight excluding hydrogens is 292 g/mol. The van der Waals surface area contributed by atoms with Crippen LogP contribution in [0.5, 0.6) is 0 Å². The molecule has 0 aromatic carbocycles. The van der Waals surface area contributed by atoms with E-state index in [2.05, 4.69) is 25.1 Å². The van der Waals surface area contributed by atoms with Crippen LogP contribution in [-0.2, 0) is 10.2 Å². The monoisotopic (exact) mass is 310 g/mol. The standard InChI is InChI=1S/C12H18N6O2S/c1-5-7(6-8(19)20)18-11(14-15-16-18)9-10(12(2,3)4)13-17-21-9/h7H,5-6H2,1-4H3,(H,19,20). The van der Waals surface area contributed by atoms with Gasteiger partial charge in [-0.3, -0.25) is 4.79 Å². The third-order valence-corrected chi connectivity index (χ3v) is 3.84. The average Bonchev–Trinajstić information content (AvgIpc) is 3.02. The topological polar surface area (TPSA) is 107 Å². The fourth-order valence-corrected chi connectivity index (χ4v) is 2.88. The second kappa shape index (κ2) is 5.84. The molecule has 2 aromatic rings. The van der Waals surface area contributed by atoms with E-state index in [1.165, 1.54) is 11.5 Å². The van der Waals surface area contributed by atoms with E-state index in [0.717, 1.165) is 10.6 Å². The Bertz CT molecular complexity index is 630. The van der Waals surface area contributed by atoms with Crippen molar-refractivity contribution in [1.29, 1.82) is 0 Å². The van der Waals surface area contributed by atoms with Crippen LogP contribution in [-0.4, -0.2) is 40.9 Å². The Hall–Kier alpha value is -1.90. The number of rotatable bonds is 5. The van der Waals surface area contributed by atoms with Crippen LogP contribution in [0.1, 0.15) is 52.3 Å². The van der Waals surface area contributed by atoms with Gasteiger partial charge in [0.05, 0.1) is 18.2 Å². The number of carbonyl (C=O) groups is 1. The lowest BCUT2D eigenvalue weighted by Crippen LogP contribution is -2.17. The zero-order valence-electron chi connectivity index (χ0n) is 12.4. The third kappa shape index (κ3) is 3.23. The van der Waals surface area contributed by atoms with E-state index in [9.17, 15) is 4.79 Å². The molecule has 21 heavy (non-hydrogen) atoms. The summed E-state index contributed by atoms with van der Waals surface area (Å²) < 4.78 is 5.57. The molecule has 0 fully saturated rings. The zero-order chi connectivity index (χ0) is 15.6. The molecule has 0 saturated carbocycles. The second-order valence-corrected chi connectivity index (χ2v) is 6.56. The Morgan fingerprint density at radius 1 is 1.38 bits per heavy atom. The maximum Gasteiger partial charge on any atom is 0.305 e. The first-order valence-corrected chi connectivity index (χ1v) is 7.44. The molecule has 0 radical (unpaired) electrons. The van der Waals surface area contributed by atoms with Crippen LogP contribution in [0.4, 0.5) is 0 Å². The SMILES string of the molecule is CCC(CC(=O)O)n1nnnc1-c1snnc1C(C)(C)C. The van der Waals surface area contributed by atoms with Gasteiger partial charge in [-0.1, -0.05) is 32.2 Å². The summed E-state index contributed by atoms with van der Waals surface area (Å²) in [6, 6.07) is -0.289. The predicted octanol–water partition coefficient (Wildman–Crippen LogP) is 1.91. The molecule has 1 unspecified atom stereocenters. The van der Waals surface area contributed by atoms with Crippen molar-refractivity contribution in [2.75, 3.05) is 0 Å². The second-order valence-electron chi connectivity index (χ2n) is 5.81. The minimum Gasteiger partial charge on any atom is -0.481 e. The van der Waals surface area contributed by atoms with Gasteiger partial charge in [-0.2, -0.15) is 0 Å². The predicted molar refractivity (Wildman–Crippen MR) is 77.0 cm³/mol. The maximum absolute atomic E-state index is 11.0. The lowest BCUT2D eigenvalue weighted by atomic mass is 9.91. The number of carboxylic acids is 1. The molecule has 8 nitrogen and oxygen atoms in total. The van der Waals surface area contributed by atoms with Crippen LogP contribution < -0.4 is 0 Å². The summed E-state index contributed by atoms with van der Waals surface area (Å²) >= 11 is 1.22. The van der Waals surface area contributed by atoms with Gasteiger partial charge in [-0.15, -0.1) is 10.2 Å². The Kier molecular flexibility index (Phi) is 4.31. The maximum atomic E-state index is 11.0. The molecule has 1 atom stereocenters. The van der Waals surface area contributed by atoms with Gasteiger partial charge < -0.3 is 5.11 Å². The summed E-state index contributed by atoms with van der Waals surface area (Å²) in [4.78, 5) is 11.8. The third-order valence-electron chi connectivity index (χ3n) is 3.12. The number of aromatic nitrogens is 6. The van der Waals surface area contributed by atoms with Gasteiger partial charge in [-0.05, 0) is 28.4 Å². The van der Waals surface area contributed by atoms with Crippen molar-refractivity contribution >= 4 is 17.5 Å². The summed E-state index contributed by atoms with van der Waals surface area (Å²) in [6.07, 6.45) is 0.604. The summed E-state index contributed by atoms with van der Waals surface area (Å²) in [6.45, 7) is 8.02. The van der Waals surface area contributed by atoms with Gasteiger partial charge in [-0.25, -0.2) is 4.68 Å². The molecule has 0 bridgehead atoms. The van der Waals surface area contributed by atoms with Crippen LogP contribution in [0.15, 0.2) is 0 Å².